The Balaban J connectivity index is 1.72. The molecule has 2 aromatic heterocycles. The van der Waals surface area contributed by atoms with Crippen LogP contribution in [0.3, 0.4) is 0 Å². The van der Waals surface area contributed by atoms with Crippen LogP contribution < -0.4 is 16.6 Å². The number of nitrogens with zero attached hydrogens (tertiary/aromatic N) is 2. The molecule has 0 unspecified atom stereocenters. The molecule has 0 bridgehead atoms. The van der Waals surface area contributed by atoms with E-state index in [0.29, 0.717) is 31.9 Å². The molecule has 0 aliphatic rings. The molecule has 1 amide bonds. The number of hydrogen-bond acceptors (Lipinski definition) is 4. The maximum Gasteiger partial charge on any atom is 0.336 e. The number of carbonyl (C=O) groups excluding carboxylic acids is 1. The first-order valence-electron chi connectivity index (χ1n) is 10.3. The lowest BCUT2D eigenvalue weighted by molar-refractivity contribution is -0.116. The highest BCUT2D eigenvalue weighted by Crippen LogP contribution is 2.31. The highest BCUT2D eigenvalue weighted by atomic mass is 35.5. The predicted octanol–water partition coefficient (Wildman–Crippen LogP) is 5.11. The van der Waals surface area contributed by atoms with Gasteiger partial charge < -0.3 is 5.32 Å². The smallest absolute Gasteiger partial charge is 0.325 e. The molecule has 0 saturated heterocycles. The maximum atomic E-state index is 14.3. The van der Waals surface area contributed by atoms with Gasteiger partial charge in [0, 0.05) is 20.8 Å². The highest BCUT2D eigenvalue weighted by molar-refractivity contribution is 7.25. The van der Waals surface area contributed by atoms with Crippen LogP contribution in [0.1, 0.15) is 5.56 Å². The summed E-state index contributed by atoms with van der Waals surface area (Å²) in [6.45, 7) is 1.25. The summed E-state index contributed by atoms with van der Waals surface area (Å²) in [5.41, 5.74) is 0.106. The fraction of sp³-hybridized carbons (Fsp3) is 0.0800. The van der Waals surface area contributed by atoms with Gasteiger partial charge >= 0.3 is 5.69 Å². The number of rotatable bonds is 4. The van der Waals surface area contributed by atoms with E-state index in [4.69, 9.17) is 11.6 Å². The van der Waals surface area contributed by atoms with E-state index in [1.54, 1.807) is 43.3 Å². The van der Waals surface area contributed by atoms with Crippen LogP contribution >= 0.6 is 22.9 Å². The van der Waals surface area contributed by atoms with Crippen molar-refractivity contribution in [3.8, 4) is 5.69 Å². The fourth-order valence-corrected chi connectivity index (χ4v) is 5.08. The second-order valence-electron chi connectivity index (χ2n) is 7.77. The number of hydrogen-bond donors (Lipinski definition) is 1. The molecule has 0 aliphatic heterocycles. The van der Waals surface area contributed by atoms with Gasteiger partial charge in [-0.2, -0.15) is 0 Å². The molecule has 3 aromatic carbocycles. The van der Waals surface area contributed by atoms with E-state index in [-0.39, 0.29) is 12.2 Å². The molecule has 0 radical (unpaired) electrons. The molecular formula is C25H17ClFN3O3S. The molecule has 34 heavy (non-hydrogen) atoms. The van der Waals surface area contributed by atoms with Crippen LogP contribution in [0.2, 0.25) is 5.02 Å². The number of halogens is 2. The number of thiophene rings is 1. The summed E-state index contributed by atoms with van der Waals surface area (Å²) in [7, 11) is 0. The summed E-state index contributed by atoms with van der Waals surface area (Å²) in [5.74, 6) is -0.992. The zero-order chi connectivity index (χ0) is 24.0. The number of nitrogens with one attached hydrogen (secondary N) is 1. The lowest BCUT2D eigenvalue weighted by Crippen LogP contribution is -2.40. The molecule has 6 nitrogen and oxygen atoms in total. The van der Waals surface area contributed by atoms with Crippen molar-refractivity contribution in [2.45, 2.75) is 13.5 Å². The van der Waals surface area contributed by atoms with E-state index in [1.165, 1.54) is 28.0 Å². The van der Waals surface area contributed by atoms with Crippen LogP contribution in [0.4, 0.5) is 10.1 Å². The first-order chi connectivity index (χ1) is 16.3. The predicted molar refractivity (Wildman–Crippen MR) is 134 cm³/mol. The summed E-state index contributed by atoms with van der Waals surface area (Å²) in [6.07, 6.45) is 0. The minimum absolute atomic E-state index is 0.101. The van der Waals surface area contributed by atoms with Gasteiger partial charge in [0.15, 0.2) is 0 Å². The van der Waals surface area contributed by atoms with Gasteiger partial charge in [-0.25, -0.2) is 13.8 Å². The number of fused-ring (bicyclic) bond motifs is 3. The zero-order valence-corrected chi connectivity index (χ0v) is 19.4. The van der Waals surface area contributed by atoms with Crippen LogP contribution in [0.25, 0.3) is 26.0 Å². The van der Waals surface area contributed by atoms with Gasteiger partial charge in [0.1, 0.15) is 17.1 Å². The van der Waals surface area contributed by atoms with Crippen LogP contribution in [-0.2, 0) is 11.3 Å². The van der Waals surface area contributed by atoms with Gasteiger partial charge in [-0.05, 0) is 55.0 Å². The van der Waals surface area contributed by atoms with Crippen molar-refractivity contribution in [1.82, 2.24) is 9.13 Å². The zero-order valence-electron chi connectivity index (χ0n) is 17.8. The second-order valence-corrected chi connectivity index (χ2v) is 9.26. The lowest BCUT2D eigenvalue weighted by Gasteiger charge is -2.13. The maximum absolute atomic E-state index is 14.3. The van der Waals surface area contributed by atoms with Gasteiger partial charge in [-0.3, -0.25) is 14.2 Å². The van der Waals surface area contributed by atoms with Gasteiger partial charge in [-0.1, -0.05) is 35.9 Å². The molecule has 0 saturated carbocycles. The van der Waals surface area contributed by atoms with E-state index < -0.39 is 23.0 Å². The van der Waals surface area contributed by atoms with E-state index >= 15 is 0 Å². The van der Waals surface area contributed by atoms with E-state index in [2.05, 4.69) is 5.32 Å². The van der Waals surface area contributed by atoms with Crippen molar-refractivity contribution in [2.24, 2.45) is 0 Å². The summed E-state index contributed by atoms with van der Waals surface area (Å²) in [4.78, 5) is 39.9. The molecule has 0 aliphatic carbocycles. The van der Waals surface area contributed by atoms with Crippen molar-refractivity contribution in [2.75, 3.05) is 5.32 Å². The molecule has 170 valence electrons. The Kier molecular flexibility index (Phi) is 5.55. The molecule has 5 rings (SSSR count). The number of amides is 1. The average Bonchev–Trinajstić information content (AvgIpc) is 3.20. The third-order valence-electron chi connectivity index (χ3n) is 5.50. The van der Waals surface area contributed by atoms with E-state index in [0.717, 1.165) is 15.3 Å². The molecule has 1 N–H and O–H groups in total. The topological polar surface area (TPSA) is 73.1 Å². The number of aromatic nitrogens is 2. The third-order valence-corrected chi connectivity index (χ3v) is 6.90. The van der Waals surface area contributed by atoms with Gasteiger partial charge in [-0.15, -0.1) is 11.3 Å². The molecule has 0 fully saturated rings. The van der Waals surface area contributed by atoms with Crippen molar-refractivity contribution >= 4 is 54.8 Å². The SMILES string of the molecule is Cc1ccc(-n2c(=O)c3sc4ccccc4c3n(CC(=O)Nc3ccc(Cl)cc3)c2=O)cc1F. The fourth-order valence-electron chi connectivity index (χ4n) is 3.82. The van der Waals surface area contributed by atoms with Crippen LogP contribution in [-0.4, -0.2) is 15.0 Å². The van der Waals surface area contributed by atoms with Crippen LogP contribution in [0, 0.1) is 12.7 Å². The van der Waals surface area contributed by atoms with Crippen molar-refractivity contribution < 1.29 is 9.18 Å². The molecular weight excluding hydrogens is 477 g/mol. The van der Waals surface area contributed by atoms with Crippen molar-refractivity contribution in [1.29, 1.82) is 0 Å². The largest absolute Gasteiger partial charge is 0.336 e. The number of carbonyl (C=O) groups is 1. The van der Waals surface area contributed by atoms with Gasteiger partial charge in [0.25, 0.3) is 5.56 Å². The number of anilines is 1. The van der Waals surface area contributed by atoms with Crippen molar-refractivity contribution in [3.05, 3.63) is 104 Å². The Labute approximate surface area is 201 Å². The van der Waals surface area contributed by atoms with E-state index in [1.807, 2.05) is 12.1 Å². The molecule has 5 aromatic rings. The standard InChI is InChI=1S/C25H17ClFN3O3S/c1-14-6-11-17(12-19(14)27)30-24(32)23-22(18-4-2-3-5-20(18)34-23)29(25(30)33)13-21(31)28-16-9-7-15(26)8-10-16/h2-12H,13H2,1H3,(H,28,31). The Bertz CT molecular complexity index is 1700. The Morgan fingerprint density at radius 1 is 1.06 bits per heavy atom. The molecule has 2 heterocycles. The quantitative estimate of drug-likeness (QED) is 0.378. The Hall–Kier alpha value is -3.75. The first-order valence-corrected chi connectivity index (χ1v) is 11.5. The third kappa shape index (κ3) is 3.81. The lowest BCUT2D eigenvalue weighted by atomic mass is 10.2. The highest BCUT2D eigenvalue weighted by Gasteiger charge is 2.21. The first kappa shape index (κ1) is 22.1. The summed E-state index contributed by atoms with van der Waals surface area (Å²) >= 11 is 7.13. The molecule has 0 atom stereocenters. The van der Waals surface area contributed by atoms with Crippen LogP contribution in [0.5, 0.6) is 0 Å². The minimum atomic E-state index is -0.726. The number of benzene rings is 3. The van der Waals surface area contributed by atoms with Gasteiger partial charge in [0.2, 0.25) is 5.91 Å². The average molecular weight is 494 g/mol. The number of aryl methyl sites for hydroxylation is 1. The van der Waals surface area contributed by atoms with Crippen molar-refractivity contribution in [3.63, 3.8) is 0 Å². The Morgan fingerprint density at radius 2 is 1.79 bits per heavy atom. The second kappa shape index (κ2) is 8.55. The van der Waals surface area contributed by atoms with Gasteiger partial charge in [0.05, 0.1) is 11.2 Å². The molecule has 0 spiro atoms. The van der Waals surface area contributed by atoms with E-state index in [9.17, 15) is 18.8 Å². The minimum Gasteiger partial charge on any atom is -0.325 e. The van der Waals surface area contributed by atoms with Crippen LogP contribution in [0.15, 0.2) is 76.3 Å². The normalized spacial score (nSPS) is 11.3. The Morgan fingerprint density at radius 3 is 2.53 bits per heavy atom. The molecule has 9 heteroatoms. The summed E-state index contributed by atoms with van der Waals surface area (Å²) in [5, 5.41) is 3.96. The summed E-state index contributed by atoms with van der Waals surface area (Å²) in [6, 6.07) is 18.0. The monoisotopic (exact) mass is 493 g/mol. The summed E-state index contributed by atoms with van der Waals surface area (Å²) < 4.78 is 17.6.